The van der Waals surface area contributed by atoms with Crippen LogP contribution in [-0.2, 0) is 6.54 Å². The fraction of sp³-hybridized carbons (Fsp3) is 0.267. The second-order valence-electron chi connectivity index (χ2n) is 4.52. The van der Waals surface area contributed by atoms with Gasteiger partial charge in [-0.2, -0.15) is 5.26 Å². The molecule has 2 nitrogen and oxygen atoms in total. The summed E-state index contributed by atoms with van der Waals surface area (Å²) in [4.78, 5) is 3.32. The van der Waals surface area contributed by atoms with Gasteiger partial charge in [-0.3, -0.25) is 4.90 Å². The largest absolute Gasteiger partial charge is 0.294 e. The molecule has 4 heteroatoms. The van der Waals surface area contributed by atoms with Crippen LogP contribution in [-0.4, -0.2) is 11.9 Å². The zero-order chi connectivity index (χ0) is 13.8. The molecule has 0 aliphatic carbocycles. The molecule has 0 fully saturated rings. The molecule has 0 amide bonds. The standard InChI is InChI=1S/C15H15FN2S/c1-11(15-4-3-7-19-15)18(2)10-13-8-12(9-17)5-6-14(13)16/h3-8,11H,10H2,1-2H3. The van der Waals surface area contributed by atoms with Gasteiger partial charge in [0.25, 0.3) is 0 Å². The van der Waals surface area contributed by atoms with Crippen LogP contribution in [0, 0.1) is 17.1 Å². The van der Waals surface area contributed by atoms with Crippen molar-refractivity contribution in [2.45, 2.75) is 19.5 Å². The first kappa shape index (κ1) is 13.7. The van der Waals surface area contributed by atoms with Crippen molar-refractivity contribution in [3.8, 4) is 6.07 Å². The number of nitrogens with zero attached hydrogens (tertiary/aromatic N) is 2. The number of nitriles is 1. The molecule has 0 radical (unpaired) electrons. The zero-order valence-electron chi connectivity index (χ0n) is 10.9. The monoisotopic (exact) mass is 274 g/mol. The Labute approximate surface area is 116 Å². The Bertz CT molecular complexity index is 587. The van der Waals surface area contributed by atoms with Crippen LogP contribution in [0.5, 0.6) is 0 Å². The van der Waals surface area contributed by atoms with Crippen molar-refractivity contribution in [2.24, 2.45) is 0 Å². The summed E-state index contributed by atoms with van der Waals surface area (Å²) < 4.78 is 13.7. The number of rotatable bonds is 4. The summed E-state index contributed by atoms with van der Waals surface area (Å²) in [5.74, 6) is -0.260. The van der Waals surface area contributed by atoms with Gasteiger partial charge in [-0.25, -0.2) is 4.39 Å². The van der Waals surface area contributed by atoms with Crippen molar-refractivity contribution in [3.63, 3.8) is 0 Å². The van der Waals surface area contributed by atoms with Crippen LogP contribution in [0.15, 0.2) is 35.7 Å². The highest BCUT2D eigenvalue weighted by Crippen LogP contribution is 2.25. The highest BCUT2D eigenvalue weighted by atomic mass is 32.1. The molecule has 1 unspecified atom stereocenters. The molecule has 98 valence electrons. The fourth-order valence-corrected chi connectivity index (χ4v) is 2.77. The van der Waals surface area contributed by atoms with E-state index in [0.717, 1.165) is 0 Å². The fourth-order valence-electron chi connectivity index (χ4n) is 1.92. The molecule has 0 bridgehead atoms. The van der Waals surface area contributed by atoms with Gasteiger partial charge in [0.15, 0.2) is 0 Å². The van der Waals surface area contributed by atoms with Crippen LogP contribution in [0.25, 0.3) is 0 Å². The Morgan fingerprint density at radius 1 is 1.42 bits per heavy atom. The van der Waals surface area contributed by atoms with Gasteiger partial charge >= 0.3 is 0 Å². The van der Waals surface area contributed by atoms with Crippen molar-refractivity contribution >= 4 is 11.3 Å². The summed E-state index contributed by atoms with van der Waals surface area (Å²) in [5.41, 5.74) is 1.05. The minimum absolute atomic E-state index is 0.227. The number of halogens is 1. The predicted molar refractivity (Wildman–Crippen MR) is 75.3 cm³/mol. The van der Waals surface area contributed by atoms with Gasteiger partial charge in [0.2, 0.25) is 0 Å². The number of hydrogen-bond acceptors (Lipinski definition) is 3. The van der Waals surface area contributed by atoms with E-state index >= 15 is 0 Å². The topological polar surface area (TPSA) is 27.0 Å². The lowest BCUT2D eigenvalue weighted by Gasteiger charge is -2.24. The number of thiophene rings is 1. The maximum atomic E-state index is 13.7. The summed E-state index contributed by atoms with van der Waals surface area (Å²) in [5, 5.41) is 10.9. The predicted octanol–water partition coefficient (Wildman–Crippen LogP) is 3.95. The average Bonchev–Trinajstić information content (AvgIpc) is 2.94. The molecule has 0 aliphatic rings. The van der Waals surface area contributed by atoms with Crippen LogP contribution in [0.2, 0.25) is 0 Å². The van der Waals surface area contributed by atoms with Crippen LogP contribution in [0.4, 0.5) is 4.39 Å². The van der Waals surface area contributed by atoms with Gasteiger partial charge in [0.1, 0.15) is 5.82 Å². The third-order valence-electron chi connectivity index (χ3n) is 3.21. The zero-order valence-corrected chi connectivity index (χ0v) is 11.7. The first-order valence-electron chi connectivity index (χ1n) is 6.04. The molecule has 0 saturated heterocycles. The van der Waals surface area contributed by atoms with Gasteiger partial charge < -0.3 is 0 Å². The van der Waals surface area contributed by atoms with E-state index in [4.69, 9.17) is 5.26 Å². The molecular formula is C15H15FN2S. The van der Waals surface area contributed by atoms with E-state index < -0.39 is 0 Å². The Hall–Kier alpha value is -1.70. The van der Waals surface area contributed by atoms with E-state index in [1.165, 1.54) is 17.0 Å². The van der Waals surface area contributed by atoms with Crippen molar-refractivity contribution in [1.29, 1.82) is 5.26 Å². The summed E-state index contributed by atoms with van der Waals surface area (Å²) in [7, 11) is 1.96. The van der Waals surface area contributed by atoms with Gasteiger partial charge in [-0.15, -0.1) is 11.3 Å². The maximum Gasteiger partial charge on any atom is 0.127 e. The molecule has 0 aliphatic heterocycles. The van der Waals surface area contributed by atoms with Crippen molar-refractivity contribution in [3.05, 3.63) is 57.5 Å². The Morgan fingerprint density at radius 3 is 2.84 bits per heavy atom. The molecule has 0 N–H and O–H groups in total. The molecule has 0 saturated carbocycles. The van der Waals surface area contributed by atoms with E-state index in [1.807, 2.05) is 24.6 Å². The van der Waals surface area contributed by atoms with E-state index in [-0.39, 0.29) is 11.9 Å². The second-order valence-corrected chi connectivity index (χ2v) is 5.50. The number of hydrogen-bond donors (Lipinski definition) is 0. The van der Waals surface area contributed by atoms with Crippen molar-refractivity contribution in [1.82, 2.24) is 4.90 Å². The third-order valence-corrected chi connectivity index (χ3v) is 4.25. The molecule has 19 heavy (non-hydrogen) atoms. The van der Waals surface area contributed by atoms with Crippen LogP contribution in [0.1, 0.15) is 29.0 Å². The highest BCUT2D eigenvalue weighted by Gasteiger charge is 2.14. The summed E-state index contributed by atoms with van der Waals surface area (Å²) in [6.07, 6.45) is 0. The second kappa shape index (κ2) is 5.96. The molecule has 1 aromatic carbocycles. The minimum atomic E-state index is -0.260. The van der Waals surface area contributed by atoms with Crippen LogP contribution in [0.3, 0.4) is 0 Å². The minimum Gasteiger partial charge on any atom is -0.294 e. The molecule has 1 aromatic heterocycles. The maximum absolute atomic E-state index is 13.7. The van der Waals surface area contributed by atoms with Crippen molar-refractivity contribution < 1.29 is 4.39 Å². The first-order valence-corrected chi connectivity index (χ1v) is 6.92. The van der Waals surface area contributed by atoms with E-state index in [9.17, 15) is 4.39 Å². The molecule has 0 spiro atoms. The number of benzene rings is 1. The average molecular weight is 274 g/mol. The van der Waals surface area contributed by atoms with Gasteiger partial charge in [0, 0.05) is 23.0 Å². The molecular weight excluding hydrogens is 259 g/mol. The first-order chi connectivity index (χ1) is 9.11. The highest BCUT2D eigenvalue weighted by molar-refractivity contribution is 7.10. The van der Waals surface area contributed by atoms with E-state index in [1.54, 1.807) is 17.4 Å². The van der Waals surface area contributed by atoms with Gasteiger partial charge in [-0.1, -0.05) is 6.07 Å². The Kier molecular flexibility index (Phi) is 4.31. The van der Waals surface area contributed by atoms with Crippen molar-refractivity contribution in [2.75, 3.05) is 7.05 Å². The smallest absolute Gasteiger partial charge is 0.127 e. The van der Waals surface area contributed by atoms with Gasteiger partial charge in [0.05, 0.1) is 11.6 Å². The normalized spacial score (nSPS) is 12.4. The summed E-state index contributed by atoms with van der Waals surface area (Å²) in [6.45, 7) is 2.58. The molecule has 1 heterocycles. The molecule has 1 atom stereocenters. The third kappa shape index (κ3) is 3.19. The molecule has 2 rings (SSSR count). The lowest BCUT2D eigenvalue weighted by molar-refractivity contribution is 0.253. The summed E-state index contributed by atoms with van der Waals surface area (Å²) >= 11 is 1.69. The van der Waals surface area contributed by atoms with Crippen LogP contribution >= 0.6 is 11.3 Å². The SMILES string of the molecule is CC(c1cccs1)N(C)Cc1cc(C#N)ccc1F. The van der Waals surface area contributed by atoms with Crippen LogP contribution < -0.4 is 0 Å². The lowest BCUT2D eigenvalue weighted by atomic mass is 10.1. The lowest BCUT2D eigenvalue weighted by Crippen LogP contribution is -2.21. The van der Waals surface area contributed by atoms with E-state index in [2.05, 4.69) is 17.9 Å². The van der Waals surface area contributed by atoms with Gasteiger partial charge in [-0.05, 0) is 43.6 Å². The summed E-state index contributed by atoms with van der Waals surface area (Å²) in [6, 6.07) is 10.8. The Morgan fingerprint density at radius 2 is 2.21 bits per heavy atom. The quantitative estimate of drug-likeness (QED) is 0.844. The Balaban J connectivity index is 2.15. The van der Waals surface area contributed by atoms with E-state index in [0.29, 0.717) is 17.7 Å². The molecule has 2 aromatic rings.